The molecule has 152 valence electrons. The first-order chi connectivity index (χ1) is 12.6. The van der Waals surface area contributed by atoms with Crippen molar-refractivity contribution in [2.75, 3.05) is 32.7 Å². The molecule has 0 atom stereocenters. The molecule has 27 heavy (non-hydrogen) atoms. The van der Waals surface area contributed by atoms with Gasteiger partial charge in [-0.2, -0.15) is 0 Å². The van der Waals surface area contributed by atoms with E-state index in [-0.39, 0.29) is 29.9 Å². The van der Waals surface area contributed by atoms with Gasteiger partial charge in [-0.15, -0.1) is 24.0 Å². The van der Waals surface area contributed by atoms with Gasteiger partial charge in [0.2, 0.25) is 5.91 Å². The molecule has 0 bridgehead atoms. The fraction of sp³-hybridized carbons (Fsp3) is 0.579. The summed E-state index contributed by atoms with van der Waals surface area (Å²) in [6.45, 7) is 5.86. The summed E-state index contributed by atoms with van der Waals surface area (Å²) in [7, 11) is 0. The topological polar surface area (TPSA) is 82.8 Å². The maximum absolute atomic E-state index is 11.0. The van der Waals surface area contributed by atoms with E-state index in [4.69, 9.17) is 10.7 Å². The van der Waals surface area contributed by atoms with Gasteiger partial charge in [-0.05, 0) is 50.3 Å². The summed E-state index contributed by atoms with van der Waals surface area (Å²) in [4.78, 5) is 17.8. The fourth-order valence-corrected chi connectivity index (χ4v) is 3.58. The van der Waals surface area contributed by atoms with E-state index >= 15 is 0 Å². The van der Waals surface area contributed by atoms with Gasteiger partial charge < -0.3 is 16.4 Å². The van der Waals surface area contributed by atoms with Crippen LogP contribution in [0.15, 0.2) is 33.7 Å². The molecule has 0 aliphatic carbocycles. The molecule has 8 heteroatoms. The number of benzene rings is 1. The fourth-order valence-electron chi connectivity index (χ4n) is 3.14. The summed E-state index contributed by atoms with van der Waals surface area (Å²) in [5, 5.41) is 6.85. The third kappa shape index (κ3) is 9.75. The van der Waals surface area contributed by atoms with Gasteiger partial charge in [-0.1, -0.05) is 28.1 Å². The van der Waals surface area contributed by atoms with Crippen LogP contribution in [0.4, 0.5) is 0 Å². The Labute approximate surface area is 187 Å². The second-order valence-electron chi connectivity index (χ2n) is 6.66. The Balaban J connectivity index is 0.00000364. The third-order valence-corrected chi connectivity index (χ3v) is 4.93. The number of guanidine groups is 1. The normalized spacial score (nSPS) is 15.9. The highest BCUT2D eigenvalue weighted by atomic mass is 127. The van der Waals surface area contributed by atoms with Crippen LogP contribution < -0.4 is 16.4 Å². The Morgan fingerprint density at radius 1 is 1.37 bits per heavy atom. The molecule has 0 saturated carbocycles. The lowest BCUT2D eigenvalue weighted by molar-refractivity contribution is -0.119. The minimum absolute atomic E-state index is 0. The van der Waals surface area contributed by atoms with Crippen LogP contribution in [0, 0.1) is 0 Å². The number of carbonyl (C=O) groups is 1. The highest BCUT2D eigenvalue weighted by molar-refractivity contribution is 14.0. The van der Waals surface area contributed by atoms with Gasteiger partial charge in [0, 0.05) is 36.7 Å². The van der Waals surface area contributed by atoms with Crippen molar-refractivity contribution >= 4 is 51.8 Å². The number of nitrogens with two attached hydrogens (primary N) is 1. The number of rotatable bonds is 8. The lowest BCUT2D eigenvalue weighted by Crippen LogP contribution is -2.49. The number of hydrogen-bond acceptors (Lipinski definition) is 3. The van der Waals surface area contributed by atoms with Gasteiger partial charge in [-0.25, -0.2) is 0 Å². The van der Waals surface area contributed by atoms with Crippen molar-refractivity contribution in [1.82, 2.24) is 15.5 Å². The van der Waals surface area contributed by atoms with Gasteiger partial charge >= 0.3 is 0 Å². The molecule has 1 aromatic rings. The molecule has 6 nitrogen and oxygen atoms in total. The standard InChI is InChI=1S/C19H30BrN5O.HI/c1-2-22-19(23-10-4-6-15-5-3-7-16(20)13-15)24-17-8-11-25(12-9-17)14-18(21)26;/h3,5,7,13,17H,2,4,6,8-12,14H2,1H3,(H2,21,26)(H2,22,23,24);1H. The minimum atomic E-state index is -0.253. The lowest BCUT2D eigenvalue weighted by Gasteiger charge is -2.32. The summed E-state index contributed by atoms with van der Waals surface area (Å²) < 4.78 is 1.12. The highest BCUT2D eigenvalue weighted by Gasteiger charge is 2.20. The zero-order valence-corrected chi connectivity index (χ0v) is 19.8. The van der Waals surface area contributed by atoms with E-state index in [1.165, 1.54) is 5.56 Å². The first-order valence-corrected chi connectivity index (χ1v) is 10.2. The van der Waals surface area contributed by atoms with Gasteiger partial charge in [-0.3, -0.25) is 14.7 Å². The molecule has 1 aliphatic rings. The Bertz CT molecular complexity index is 606. The first kappa shape index (κ1) is 24.2. The molecule has 0 spiro atoms. The van der Waals surface area contributed by atoms with E-state index in [1.54, 1.807) is 0 Å². The summed E-state index contributed by atoms with van der Waals surface area (Å²) in [6, 6.07) is 8.81. The molecule has 0 unspecified atom stereocenters. The van der Waals surface area contributed by atoms with Gasteiger partial charge in [0.15, 0.2) is 5.96 Å². The molecule has 1 aliphatic heterocycles. The van der Waals surface area contributed by atoms with Crippen LogP contribution in [-0.2, 0) is 11.2 Å². The Morgan fingerprint density at radius 3 is 2.74 bits per heavy atom. The molecule has 1 heterocycles. The van der Waals surface area contributed by atoms with Gasteiger partial charge in [0.25, 0.3) is 0 Å². The number of aryl methyl sites for hydroxylation is 1. The van der Waals surface area contributed by atoms with Crippen molar-refractivity contribution in [2.45, 2.75) is 38.6 Å². The number of hydrogen-bond donors (Lipinski definition) is 3. The quantitative estimate of drug-likeness (QED) is 0.201. The number of halogens is 2. The molecule has 1 saturated heterocycles. The van der Waals surface area contributed by atoms with E-state index < -0.39 is 0 Å². The van der Waals surface area contributed by atoms with Crippen molar-refractivity contribution in [2.24, 2.45) is 10.7 Å². The maximum Gasteiger partial charge on any atom is 0.231 e. The molecule has 1 aromatic carbocycles. The number of aliphatic imine (C=N–C) groups is 1. The molecule has 4 N–H and O–H groups in total. The zero-order chi connectivity index (χ0) is 18.8. The van der Waals surface area contributed by atoms with Crippen molar-refractivity contribution in [3.8, 4) is 0 Å². The summed E-state index contributed by atoms with van der Waals surface area (Å²) in [5.74, 6) is 0.631. The Kier molecular flexibility index (Phi) is 11.9. The Morgan fingerprint density at radius 2 is 2.11 bits per heavy atom. The summed E-state index contributed by atoms with van der Waals surface area (Å²) in [5.41, 5.74) is 6.60. The van der Waals surface area contributed by atoms with Crippen LogP contribution in [0.2, 0.25) is 0 Å². The summed E-state index contributed by atoms with van der Waals surface area (Å²) >= 11 is 3.51. The van der Waals surface area contributed by atoms with Crippen LogP contribution in [-0.4, -0.2) is 55.5 Å². The number of carbonyl (C=O) groups excluding carboxylic acids is 1. The molecule has 0 aromatic heterocycles. The number of piperidine rings is 1. The van der Waals surface area contributed by atoms with Crippen molar-refractivity contribution < 1.29 is 4.79 Å². The number of primary amides is 1. The van der Waals surface area contributed by atoms with E-state index in [0.717, 1.165) is 62.3 Å². The number of nitrogens with zero attached hydrogens (tertiary/aromatic N) is 2. The molecular formula is C19H31BrIN5O. The molecule has 2 rings (SSSR count). The highest BCUT2D eigenvalue weighted by Crippen LogP contribution is 2.13. The van der Waals surface area contributed by atoms with E-state index in [1.807, 2.05) is 6.07 Å². The molecule has 1 fully saturated rings. The predicted molar refractivity (Wildman–Crippen MR) is 126 cm³/mol. The monoisotopic (exact) mass is 551 g/mol. The zero-order valence-electron chi connectivity index (χ0n) is 15.9. The van der Waals surface area contributed by atoms with Crippen LogP contribution >= 0.6 is 39.9 Å². The Hall–Kier alpha value is -0.870. The lowest BCUT2D eigenvalue weighted by atomic mass is 10.1. The molecule has 1 amide bonds. The van der Waals surface area contributed by atoms with E-state index in [0.29, 0.717) is 12.6 Å². The van der Waals surface area contributed by atoms with E-state index in [2.05, 4.69) is 56.6 Å². The van der Waals surface area contributed by atoms with Crippen LogP contribution in [0.3, 0.4) is 0 Å². The number of likely N-dealkylation sites (tertiary alicyclic amines) is 1. The van der Waals surface area contributed by atoms with Gasteiger partial charge in [0.05, 0.1) is 6.54 Å². The van der Waals surface area contributed by atoms with Crippen molar-refractivity contribution in [3.05, 3.63) is 34.3 Å². The average Bonchev–Trinajstić information content (AvgIpc) is 2.60. The number of amides is 1. The smallest absolute Gasteiger partial charge is 0.231 e. The summed E-state index contributed by atoms with van der Waals surface area (Å²) in [6.07, 6.45) is 4.03. The van der Waals surface area contributed by atoms with Crippen molar-refractivity contribution in [1.29, 1.82) is 0 Å². The van der Waals surface area contributed by atoms with E-state index in [9.17, 15) is 4.79 Å². The molecular weight excluding hydrogens is 521 g/mol. The van der Waals surface area contributed by atoms with Crippen LogP contribution in [0.1, 0.15) is 31.7 Å². The maximum atomic E-state index is 11.0. The minimum Gasteiger partial charge on any atom is -0.369 e. The van der Waals surface area contributed by atoms with Crippen LogP contribution in [0.5, 0.6) is 0 Å². The second-order valence-corrected chi connectivity index (χ2v) is 7.57. The average molecular weight is 552 g/mol. The SMILES string of the molecule is CCNC(=NCCCc1cccc(Br)c1)NC1CCN(CC(N)=O)CC1.I. The molecule has 0 radical (unpaired) electrons. The largest absolute Gasteiger partial charge is 0.369 e. The van der Waals surface area contributed by atoms with Crippen molar-refractivity contribution in [3.63, 3.8) is 0 Å². The third-order valence-electron chi connectivity index (χ3n) is 4.43. The van der Waals surface area contributed by atoms with Crippen LogP contribution in [0.25, 0.3) is 0 Å². The first-order valence-electron chi connectivity index (χ1n) is 9.36. The predicted octanol–water partition coefficient (Wildman–Crippen LogP) is 2.50. The number of nitrogens with one attached hydrogen (secondary N) is 2. The van der Waals surface area contributed by atoms with Gasteiger partial charge in [0.1, 0.15) is 0 Å². The second kappa shape index (κ2) is 13.3.